The van der Waals surface area contributed by atoms with Crippen LogP contribution in [0, 0.1) is 0 Å². The highest BCUT2D eigenvalue weighted by atomic mass is 16.5. The molecule has 0 bridgehead atoms. The molecule has 0 saturated heterocycles. The average molecular weight is 439 g/mol. The second kappa shape index (κ2) is 9.71. The van der Waals surface area contributed by atoms with Gasteiger partial charge < -0.3 is 10.1 Å². The number of hydrogen-bond donors (Lipinski definition) is 1. The molecular weight excluding hydrogens is 412 g/mol. The summed E-state index contributed by atoms with van der Waals surface area (Å²) in [6.07, 6.45) is 3.52. The molecular formula is C27H26N4O2. The summed E-state index contributed by atoms with van der Waals surface area (Å²) < 4.78 is 8.16. The van der Waals surface area contributed by atoms with Gasteiger partial charge in [0.25, 0.3) is 0 Å². The van der Waals surface area contributed by atoms with Crippen molar-refractivity contribution in [2.45, 2.75) is 19.2 Å². The number of rotatable bonds is 6. The number of benzene rings is 3. The van der Waals surface area contributed by atoms with Crippen molar-refractivity contribution in [3.05, 3.63) is 114 Å². The Bertz CT molecular complexity index is 1210. The number of amides is 1. The zero-order chi connectivity index (χ0) is 22.5. The maximum atomic E-state index is 12.9. The Balaban J connectivity index is 1.26. The fourth-order valence-electron chi connectivity index (χ4n) is 4.13. The largest absolute Gasteiger partial charge is 0.484 e. The van der Waals surface area contributed by atoms with Gasteiger partial charge in [-0.05, 0) is 35.4 Å². The van der Waals surface area contributed by atoms with Crippen LogP contribution in [0.5, 0.6) is 5.75 Å². The van der Waals surface area contributed by atoms with Crippen LogP contribution in [0.15, 0.2) is 97.3 Å². The molecule has 0 radical (unpaired) electrons. The average Bonchev–Trinajstić information content (AvgIpc) is 3.33. The summed E-state index contributed by atoms with van der Waals surface area (Å²) in [6, 6.07) is 28.2. The van der Waals surface area contributed by atoms with Crippen LogP contribution in [-0.2, 0) is 17.9 Å². The summed E-state index contributed by atoms with van der Waals surface area (Å²) in [4.78, 5) is 15.0. The second-order valence-electron chi connectivity index (χ2n) is 8.19. The van der Waals surface area contributed by atoms with Gasteiger partial charge in [0.1, 0.15) is 11.9 Å². The molecule has 6 heteroatoms. The van der Waals surface area contributed by atoms with Crippen molar-refractivity contribution in [2.24, 2.45) is 0 Å². The number of ether oxygens (including phenoxy) is 1. The van der Waals surface area contributed by atoms with Crippen LogP contribution in [0.2, 0.25) is 0 Å². The van der Waals surface area contributed by atoms with Gasteiger partial charge in [-0.15, -0.1) is 0 Å². The van der Waals surface area contributed by atoms with Crippen LogP contribution in [0.3, 0.4) is 0 Å². The van der Waals surface area contributed by atoms with E-state index < -0.39 is 0 Å². The lowest BCUT2D eigenvalue weighted by Crippen LogP contribution is -2.38. The summed E-state index contributed by atoms with van der Waals surface area (Å²) in [7, 11) is 0. The van der Waals surface area contributed by atoms with E-state index in [1.807, 2.05) is 77.6 Å². The molecule has 166 valence electrons. The van der Waals surface area contributed by atoms with Crippen LogP contribution < -0.4 is 10.1 Å². The van der Waals surface area contributed by atoms with Gasteiger partial charge in [-0.2, -0.15) is 5.10 Å². The molecule has 1 aliphatic rings. The van der Waals surface area contributed by atoms with Gasteiger partial charge in [-0.1, -0.05) is 60.7 Å². The summed E-state index contributed by atoms with van der Waals surface area (Å²) >= 11 is 0. The number of nitrogens with zero attached hydrogens (tertiary/aromatic N) is 3. The SMILES string of the molecule is O=C(CN1Cc2ccccc2OC(c2ccccc2)C1)NCc1cccc(-n2cccn2)c1. The topological polar surface area (TPSA) is 59.4 Å². The van der Waals surface area contributed by atoms with E-state index in [4.69, 9.17) is 4.74 Å². The Hall–Kier alpha value is -3.90. The molecule has 3 aromatic carbocycles. The highest BCUT2D eigenvalue weighted by Crippen LogP contribution is 2.30. The number of nitrogens with one attached hydrogen (secondary N) is 1. The summed E-state index contributed by atoms with van der Waals surface area (Å²) in [5.41, 5.74) is 4.20. The van der Waals surface area contributed by atoms with E-state index >= 15 is 0 Å². The standard InChI is InChI=1S/C27H26N4O2/c32-27(28-17-21-8-6-12-24(16-21)31-15-7-14-29-31)20-30-18-23-11-4-5-13-25(23)33-26(19-30)22-9-2-1-3-10-22/h1-16,26H,17-20H2,(H,28,32). The summed E-state index contributed by atoms with van der Waals surface area (Å²) in [5, 5.41) is 7.34. The van der Waals surface area contributed by atoms with Gasteiger partial charge in [0.2, 0.25) is 5.91 Å². The van der Waals surface area contributed by atoms with Crippen molar-refractivity contribution in [3.63, 3.8) is 0 Å². The predicted octanol–water partition coefficient (Wildman–Crippen LogP) is 4.12. The molecule has 1 unspecified atom stereocenters. The molecule has 33 heavy (non-hydrogen) atoms. The van der Waals surface area contributed by atoms with Gasteiger partial charge in [0, 0.05) is 37.6 Å². The summed E-state index contributed by atoms with van der Waals surface area (Å²) in [5.74, 6) is 0.871. The van der Waals surface area contributed by atoms with Crippen molar-refractivity contribution in [1.29, 1.82) is 0 Å². The number of carbonyl (C=O) groups excluding carboxylic acids is 1. The Labute approximate surface area is 193 Å². The lowest BCUT2D eigenvalue weighted by Gasteiger charge is -2.23. The third-order valence-corrected chi connectivity index (χ3v) is 5.77. The molecule has 2 heterocycles. The van der Waals surface area contributed by atoms with Gasteiger partial charge in [-0.3, -0.25) is 9.69 Å². The van der Waals surface area contributed by atoms with Crippen LogP contribution in [0.1, 0.15) is 22.8 Å². The molecule has 1 N–H and O–H groups in total. The Morgan fingerprint density at radius 1 is 1.00 bits per heavy atom. The molecule has 0 fully saturated rings. The maximum absolute atomic E-state index is 12.9. The van der Waals surface area contributed by atoms with Crippen LogP contribution in [0.4, 0.5) is 0 Å². The third-order valence-electron chi connectivity index (χ3n) is 5.77. The first-order valence-corrected chi connectivity index (χ1v) is 11.1. The molecule has 5 rings (SSSR count). The quantitative estimate of drug-likeness (QED) is 0.492. The number of fused-ring (bicyclic) bond motifs is 1. The zero-order valence-corrected chi connectivity index (χ0v) is 18.3. The van der Waals surface area contributed by atoms with Crippen molar-refractivity contribution in [3.8, 4) is 11.4 Å². The minimum atomic E-state index is -0.131. The van der Waals surface area contributed by atoms with E-state index in [0.29, 0.717) is 26.2 Å². The monoisotopic (exact) mass is 438 g/mol. The third kappa shape index (κ3) is 5.13. The number of para-hydroxylation sites is 1. The van der Waals surface area contributed by atoms with Gasteiger partial charge in [0.05, 0.1) is 12.2 Å². The molecule has 6 nitrogen and oxygen atoms in total. The van der Waals surface area contributed by atoms with Crippen molar-refractivity contribution in [1.82, 2.24) is 20.0 Å². The zero-order valence-electron chi connectivity index (χ0n) is 18.3. The molecule has 1 aromatic heterocycles. The molecule has 4 aromatic rings. The Morgan fingerprint density at radius 2 is 1.85 bits per heavy atom. The molecule has 1 atom stereocenters. The van der Waals surface area contributed by atoms with E-state index in [1.165, 1.54) is 0 Å². The normalized spacial score (nSPS) is 15.8. The van der Waals surface area contributed by atoms with Gasteiger partial charge >= 0.3 is 0 Å². The first-order valence-electron chi connectivity index (χ1n) is 11.1. The highest BCUT2D eigenvalue weighted by Gasteiger charge is 2.25. The minimum Gasteiger partial charge on any atom is -0.484 e. The van der Waals surface area contributed by atoms with Crippen molar-refractivity contribution >= 4 is 5.91 Å². The lowest BCUT2D eigenvalue weighted by atomic mass is 10.1. The summed E-state index contributed by atoms with van der Waals surface area (Å²) in [6.45, 7) is 2.08. The van der Waals surface area contributed by atoms with E-state index in [2.05, 4.69) is 33.5 Å². The molecule has 0 saturated carbocycles. The van der Waals surface area contributed by atoms with Crippen LogP contribution in [0.25, 0.3) is 5.69 Å². The molecule has 1 aliphatic heterocycles. The fourth-order valence-corrected chi connectivity index (χ4v) is 4.13. The Kier molecular flexibility index (Phi) is 6.17. The second-order valence-corrected chi connectivity index (χ2v) is 8.19. The first kappa shape index (κ1) is 21.0. The highest BCUT2D eigenvalue weighted by molar-refractivity contribution is 5.78. The van der Waals surface area contributed by atoms with Gasteiger partial charge in [-0.25, -0.2) is 4.68 Å². The smallest absolute Gasteiger partial charge is 0.234 e. The van der Waals surface area contributed by atoms with Crippen molar-refractivity contribution in [2.75, 3.05) is 13.1 Å². The van der Waals surface area contributed by atoms with E-state index in [-0.39, 0.29) is 12.0 Å². The molecule has 0 aliphatic carbocycles. The van der Waals surface area contributed by atoms with Crippen LogP contribution >= 0.6 is 0 Å². The number of carbonyl (C=O) groups is 1. The van der Waals surface area contributed by atoms with E-state index in [9.17, 15) is 4.79 Å². The van der Waals surface area contributed by atoms with E-state index in [0.717, 1.165) is 28.1 Å². The minimum absolute atomic E-state index is 0.00862. The lowest BCUT2D eigenvalue weighted by molar-refractivity contribution is -0.122. The number of hydrogen-bond acceptors (Lipinski definition) is 4. The van der Waals surface area contributed by atoms with Gasteiger partial charge in [0.15, 0.2) is 0 Å². The maximum Gasteiger partial charge on any atom is 0.234 e. The van der Waals surface area contributed by atoms with E-state index in [1.54, 1.807) is 6.20 Å². The predicted molar refractivity (Wildman–Crippen MR) is 127 cm³/mol. The Morgan fingerprint density at radius 3 is 2.70 bits per heavy atom. The van der Waals surface area contributed by atoms with Crippen LogP contribution in [-0.4, -0.2) is 33.7 Å². The van der Waals surface area contributed by atoms with Crippen molar-refractivity contribution < 1.29 is 9.53 Å². The molecule has 1 amide bonds. The molecule has 0 spiro atoms. The number of aromatic nitrogens is 2. The first-order chi connectivity index (χ1) is 16.2. The fraction of sp³-hybridized carbons (Fsp3) is 0.185.